The zero-order valence-electron chi connectivity index (χ0n) is 6.20. The van der Waals surface area contributed by atoms with Crippen LogP contribution in [0.3, 0.4) is 0 Å². The van der Waals surface area contributed by atoms with E-state index in [1.807, 2.05) is 0 Å². The molecule has 1 rings (SSSR count). The molecule has 4 heteroatoms. The van der Waals surface area contributed by atoms with E-state index >= 15 is 0 Å². The van der Waals surface area contributed by atoms with Crippen LogP contribution in [0.15, 0.2) is 18.6 Å². The Morgan fingerprint density at radius 1 is 1.40 bits per heavy atom. The van der Waals surface area contributed by atoms with Gasteiger partial charge >= 0.3 is 14.4 Å². The normalized spacial score (nSPS) is 9.00. The van der Waals surface area contributed by atoms with Gasteiger partial charge in [0.05, 0.1) is 6.20 Å². The van der Waals surface area contributed by atoms with Crippen LogP contribution in [0.25, 0.3) is 0 Å². The lowest BCUT2D eigenvalue weighted by Crippen LogP contribution is -2.15. The third-order valence-electron chi connectivity index (χ3n) is 1.000. The first-order chi connectivity index (χ1) is 4.79. The van der Waals surface area contributed by atoms with E-state index in [0.29, 0.717) is 0 Å². The van der Waals surface area contributed by atoms with Crippen molar-refractivity contribution in [1.29, 1.82) is 0 Å². The Balaban J connectivity index is 2.59. The van der Waals surface area contributed by atoms with E-state index in [1.165, 1.54) is 0 Å². The van der Waals surface area contributed by atoms with Crippen LogP contribution in [-0.4, -0.2) is 24.3 Å². The molecule has 0 aromatic carbocycles. The summed E-state index contributed by atoms with van der Waals surface area (Å²) in [6.07, 6.45) is 5.11. The molecule has 0 aliphatic carbocycles. The minimum absolute atomic E-state index is 0.750. The molecule has 10 heavy (non-hydrogen) atoms. The van der Waals surface area contributed by atoms with Gasteiger partial charge in [-0.2, -0.15) is 0 Å². The molecule has 0 atom stereocenters. The summed E-state index contributed by atoms with van der Waals surface area (Å²) in [7, 11) is 0. The second kappa shape index (κ2) is 3.55. The van der Waals surface area contributed by atoms with Crippen LogP contribution in [0.5, 0.6) is 0 Å². The SMILES string of the molecule is [CH3][Al]([CH3])[NH]c1cnccn1. The summed E-state index contributed by atoms with van der Waals surface area (Å²) < 4.78 is 3.27. The third-order valence-corrected chi connectivity index (χ3v) is 1.87. The fourth-order valence-electron chi connectivity index (χ4n) is 0.669. The van der Waals surface area contributed by atoms with Crippen molar-refractivity contribution in [2.75, 3.05) is 4.30 Å². The lowest BCUT2D eigenvalue weighted by molar-refractivity contribution is 1.21. The van der Waals surface area contributed by atoms with Crippen molar-refractivity contribution in [1.82, 2.24) is 9.97 Å². The highest BCUT2D eigenvalue weighted by molar-refractivity contribution is 6.59. The van der Waals surface area contributed by atoms with Crippen LogP contribution in [0, 0.1) is 0 Å². The van der Waals surface area contributed by atoms with Crippen molar-refractivity contribution in [3.63, 3.8) is 0 Å². The van der Waals surface area contributed by atoms with Crippen molar-refractivity contribution < 1.29 is 0 Å². The van der Waals surface area contributed by atoms with E-state index < -0.39 is 14.4 Å². The number of anilines is 1. The second-order valence-electron chi connectivity index (χ2n) is 2.39. The van der Waals surface area contributed by atoms with Gasteiger partial charge < -0.3 is 4.30 Å². The van der Waals surface area contributed by atoms with Crippen molar-refractivity contribution in [3.05, 3.63) is 18.6 Å². The molecule has 0 spiro atoms. The van der Waals surface area contributed by atoms with Crippen LogP contribution in [0.1, 0.15) is 0 Å². The fourth-order valence-corrected chi connectivity index (χ4v) is 1.41. The smallest absolute Gasteiger partial charge is 0.405 e. The van der Waals surface area contributed by atoms with Gasteiger partial charge in [-0.3, -0.25) is 4.98 Å². The molecule has 1 N–H and O–H groups in total. The molecule has 0 unspecified atom stereocenters. The van der Waals surface area contributed by atoms with Crippen molar-refractivity contribution >= 4 is 20.2 Å². The van der Waals surface area contributed by atoms with Crippen LogP contribution in [-0.2, 0) is 0 Å². The van der Waals surface area contributed by atoms with Gasteiger partial charge in [0, 0.05) is 12.4 Å². The quantitative estimate of drug-likeness (QED) is 0.644. The Labute approximate surface area is 65.1 Å². The van der Waals surface area contributed by atoms with Gasteiger partial charge in [0.2, 0.25) is 0 Å². The van der Waals surface area contributed by atoms with Gasteiger partial charge in [0.1, 0.15) is 5.82 Å². The van der Waals surface area contributed by atoms with Crippen LogP contribution in [0.4, 0.5) is 5.82 Å². The Morgan fingerprint density at radius 2 is 2.20 bits per heavy atom. The predicted octanol–water partition coefficient (Wildman–Crippen LogP) is 1.14. The van der Waals surface area contributed by atoms with E-state index in [9.17, 15) is 0 Å². The molecular weight excluding hydrogens is 141 g/mol. The molecule has 0 bridgehead atoms. The molecule has 0 aliphatic rings. The van der Waals surface area contributed by atoms with Crippen LogP contribution >= 0.6 is 0 Å². The average Bonchev–Trinajstić information content (AvgIpc) is 1.88. The Morgan fingerprint density at radius 3 is 2.70 bits per heavy atom. The largest absolute Gasteiger partial charge is 0.460 e. The molecule has 0 fully saturated rings. The summed E-state index contributed by atoms with van der Waals surface area (Å²) >= 11 is -0.750. The van der Waals surface area contributed by atoms with Crippen molar-refractivity contribution in [3.8, 4) is 0 Å². The monoisotopic (exact) mass is 151 g/mol. The third kappa shape index (κ3) is 2.34. The molecule has 1 aromatic rings. The number of nitrogens with one attached hydrogen (secondary N) is 1. The number of hydrogen-bond acceptors (Lipinski definition) is 3. The van der Waals surface area contributed by atoms with Gasteiger partial charge in [-0.25, -0.2) is 4.98 Å². The van der Waals surface area contributed by atoms with E-state index in [-0.39, 0.29) is 0 Å². The first-order valence-corrected chi connectivity index (χ1v) is 6.20. The molecule has 1 aromatic heterocycles. The van der Waals surface area contributed by atoms with Gasteiger partial charge in [-0.05, 0) is 0 Å². The summed E-state index contributed by atoms with van der Waals surface area (Å²) in [6, 6.07) is 0. The fraction of sp³-hybridized carbons (Fsp3) is 0.333. The minimum Gasteiger partial charge on any atom is -0.460 e. The minimum atomic E-state index is -0.750. The molecule has 0 saturated carbocycles. The summed E-state index contributed by atoms with van der Waals surface area (Å²) in [5, 5.41) is 0. The zero-order valence-corrected chi connectivity index (χ0v) is 7.36. The molecule has 0 saturated heterocycles. The lowest BCUT2D eigenvalue weighted by Gasteiger charge is -2.02. The maximum atomic E-state index is 4.08. The average molecular weight is 151 g/mol. The van der Waals surface area contributed by atoms with E-state index in [1.54, 1.807) is 18.6 Å². The highest BCUT2D eigenvalue weighted by Crippen LogP contribution is 1.97. The van der Waals surface area contributed by atoms with Crippen LogP contribution < -0.4 is 4.30 Å². The second-order valence-corrected chi connectivity index (χ2v) is 4.99. The van der Waals surface area contributed by atoms with Gasteiger partial charge in [-0.1, -0.05) is 11.6 Å². The van der Waals surface area contributed by atoms with Crippen LogP contribution in [0.2, 0.25) is 11.6 Å². The standard InChI is InChI=1S/C4H4N3.2CH3.Al/c5-4-3-6-1-2-7-4;;;/h1-3H,(H-,5,7);2*1H3;/q-1;;;+1. The molecule has 0 aliphatic heterocycles. The van der Waals surface area contributed by atoms with Gasteiger partial charge in [0.15, 0.2) is 0 Å². The predicted molar refractivity (Wildman–Crippen MR) is 43.1 cm³/mol. The first kappa shape index (κ1) is 7.52. The van der Waals surface area contributed by atoms with Crippen molar-refractivity contribution in [2.24, 2.45) is 0 Å². The topological polar surface area (TPSA) is 37.8 Å². The van der Waals surface area contributed by atoms with Crippen molar-refractivity contribution in [2.45, 2.75) is 11.6 Å². The Kier molecular flexibility index (Phi) is 2.67. The first-order valence-electron chi connectivity index (χ1n) is 3.31. The molecule has 1 heterocycles. The highest BCUT2D eigenvalue weighted by atomic mass is 27.2. The number of hydrogen-bond donors (Lipinski definition) is 1. The summed E-state index contributed by atoms with van der Waals surface area (Å²) in [5.41, 5.74) is 0. The maximum Gasteiger partial charge on any atom is 0.405 e. The highest BCUT2D eigenvalue weighted by Gasteiger charge is 2.02. The van der Waals surface area contributed by atoms with Gasteiger partial charge in [0.25, 0.3) is 0 Å². The number of rotatable bonds is 2. The lowest BCUT2D eigenvalue weighted by atomic mass is 10.7. The Hall–Kier alpha value is -0.588. The van der Waals surface area contributed by atoms with E-state index in [4.69, 9.17) is 0 Å². The molecule has 3 nitrogen and oxygen atoms in total. The maximum absolute atomic E-state index is 4.08. The molecule has 0 amide bonds. The summed E-state index contributed by atoms with van der Waals surface area (Å²) in [4.78, 5) is 8.01. The van der Waals surface area contributed by atoms with E-state index in [2.05, 4.69) is 25.8 Å². The summed E-state index contributed by atoms with van der Waals surface area (Å²) in [6.45, 7) is 0. The number of aromatic nitrogens is 2. The van der Waals surface area contributed by atoms with Gasteiger partial charge in [-0.15, -0.1) is 0 Å². The number of nitrogens with zero attached hydrogens (tertiary/aromatic N) is 2. The molecule has 52 valence electrons. The van der Waals surface area contributed by atoms with E-state index in [0.717, 1.165) is 5.82 Å². The molecule has 0 radical (unpaired) electrons. The summed E-state index contributed by atoms with van der Waals surface area (Å²) in [5.74, 6) is 5.30. The molecular formula is C6H10AlN3. The zero-order chi connectivity index (χ0) is 7.40. The Bertz CT molecular complexity index is 187.